The van der Waals surface area contributed by atoms with Gasteiger partial charge in [-0.3, -0.25) is 14.5 Å². The molecule has 2 heterocycles. The number of alkyl halides is 6. The second-order valence-corrected chi connectivity index (χ2v) is 9.59. The van der Waals surface area contributed by atoms with Crippen molar-refractivity contribution in [2.75, 3.05) is 13.1 Å². The van der Waals surface area contributed by atoms with Crippen molar-refractivity contribution in [1.82, 2.24) is 14.8 Å². The van der Waals surface area contributed by atoms with Crippen molar-refractivity contribution in [1.29, 1.82) is 0 Å². The van der Waals surface area contributed by atoms with E-state index in [2.05, 4.69) is 4.98 Å². The van der Waals surface area contributed by atoms with Gasteiger partial charge in [0.25, 0.3) is 5.91 Å². The van der Waals surface area contributed by atoms with Crippen LogP contribution in [0.4, 0.5) is 26.3 Å². The zero-order chi connectivity index (χ0) is 28.4. The first-order valence-corrected chi connectivity index (χ1v) is 12.4. The summed E-state index contributed by atoms with van der Waals surface area (Å²) in [4.78, 5) is 28.4. The zero-order valence-corrected chi connectivity index (χ0v) is 20.7. The first kappa shape index (κ1) is 28.5. The van der Waals surface area contributed by atoms with Gasteiger partial charge >= 0.3 is 18.3 Å². The van der Waals surface area contributed by atoms with Crippen LogP contribution in [0.25, 0.3) is 10.9 Å². The van der Waals surface area contributed by atoms with Crippen LogP contribution >= 0.6 is 0 Å². The number of nitrogens with one attached hydrogen (secondary N) is 1. The molecule has 0 spiro atoms. The van der Waals surface area contributed by atoms with Gasteiger partial charge in [0.05, 0.1) is 6.04 Å². The number of amides is 1. The lowest BCUT2D eigenvalue weighted by Gasteiger charge is -2.52. The van der Waals surface area contributed by atoms with Crippen LogP contribution in [-0.2, 0) is 11.2 Å². The molecule has 1 aliphatic rings. The van der Waals surface area contributed by atoms with Crippen molar-refractivity contribution < 1.29 is 41.0 Å². The molecule has 12 heteroatoms. The number of aliphatic carboxylic acids is 1. The van der Waals surface area contributed by atoms with Crippen molar-refractivity contribution in [2.24, 2.45) is 0 Å². The second kappa shape index (κ2) is 11.3. The summed E-state index contributed by atoms with van der Waals surface area (Å²) in [6.07, 6.45) is -9.67. The van der Waals surface area contributed by atoms with Crippen molar-refractivity contribution in [3.63, 3.8) is 0 Å². The summed E-state index contributed by atoms with van der Waals surface area (Å²) in [5.41, 5.74) is 1.07. The standard InChI is InChI=1S/C27H27F6N3O3/c28-26(29,30)22-16-36(25(39)17-8-2-1-3-9-17)21(14-18-15-34-20-11-5-4-10-19(18)20)24(27(31,32)33)35(22)13-7-6-12-23(37)38/h1-5,8-11,15,21-22,24,34H,6-7,12-14,16H2,(H,37,38)/t21-,22?,24?/m1/s1. The topological polar surface area (TPSA) is 76.6 Å². The number of halogens is 6. The fraction of sp³-hybridized carbons (Fsp3) is 0.407. The van der Waals surface area contributed by atoms with Crippen LogP contribution in [0.1, 0.15) is 35.2 Å². The van der Waals surface area contributed by atoms with E-state index in [1.807, 2.05) is 0 Å². The Morgan fingerprint density at radius 1 is 0.923 bits per heavy atom. The van der Waals surface area contributed by atoms with Crippen LogP contribution < -0.4 is 0 Å². The average molecular weight is 556 g/mol. The zero-order valence-electron chi connectivity index (χ0n) is 20.7. The van der Waals surface area contributed by atoms with Crippen molar-refractivity contribution in [3.05, 3.63) is 71.9 Å². The molecule has 2 unspecified atom stereocenters. The van der Waals surface area contributed by atoms with Gasteiger partial charge in [-0.1, -0.05) is 36.4 Å². The van der Waals surface area contributed by atoms with E-state index < -0.39 is 55.4 Å². The van der Waals surface area contributed by atoms with E-state index in [1.54, 1.807) is 30.3 Å². The molecule has 0 aliphatic carbocycles. The normalized spacial score (nSPS) is 20.9. The first-order chi connectivity index (χ1) is 18.4. The number of hydrogen-bond acceptors (Lipinski definition) is 3. The van der Waals surface area contributed by atoms with E-state index in [1.165, 1.54) is 30.5 Å². The summed E-state index contributed by atoms with van der Waals surface area (Å²) in [6.45, 7) is -1.62. The molecule has 1 fully saturated rings. The van der Waals surface area contributed by atoms with E-state index in [9.17, 15) is 35.9 Å². The number of rotatable bonds is 8. The first-order valence-electron chi connectivity index (χ1n) is 12.4. The summed E-state index contributed by atoms with van der Waals surface area (Å²) < 4.78 is 87.2. The Labute approximate surface area is 220 Å². The molecule has 0 bridgehead atoms. The Balaban J connectivity index is 1.80. The SMILES string of the molecule is O=C(O)CCCCN1C(C(F)(F)F)CN(C(=O)c2ccccc2)[C@H](Cc2c[nH]c3ccccc23)C1C(F)(F)F. The Bertz CT molecular complexity index is 1290. The summed E-state index contributed by atoms with van der Waals surface area (Å²) >= 11 is 0. The molecule has 0 radical (unpaired) electrons. The van der Waals surface area contributed by atoms with Gasteiger partial charge in [0.2, 0.25) is 0 Å². The molecule has 3 atom stereocenters. The number of aromatic nitrogens is 1. The van der Waals surface area contributed by atoms with Gasteiger partial charge in [0.15, 0.2) is 0 Å². The highest BCUT2D eigenvalue weighted by atomic mass is 19.4. The Morgan fingerprint density at radius 3 is 2.23 bits per heavy atom. The summed E-state index contributed by atoms with van der Waals surface area (Å²) in [5.74, 6) is -2.11. The molecular weight excluding hydrogens is 528 g/mol. The highest BCUT2D eigenvalue weighted by Crippen LogP contribution is 2.41. The van der Waals surface area contributed by atoms with Crippen LogP contribution in [0, 0.1) is 0 Å². The predicted octanol–water partition coefficient (Wildman–Crippen LogP) is 5.65. The van der Waals surface area contributed by atoms with E-state index in [0.717, 1.165) is 0 Å². The molecule has 39 heavy (non-hydrogen) atoms. The molecule has 2 N–H and O–H groups in total. The molecule has 1 saturated heterocycles. The number of hydrogen-bond donors (Lipinski definition) is 2. The lowest BCUT2D eigenvalue weighted by Crippen LogP contribution is -2.72. The number of piperazine rings is 1. The van der Waals surface area contributed by atoms with Gasteiger partial charge in [-0.05, 0) is 49.6 Å². The minimum absolute atomic E-state index is 0.0156. The molecule has 4 rings (SSSR count). The lowest BCUT2D eigenvalue weighted by molar-refractivity contribution is -0.261. The molecule has 1 aromatic heterocycles. The predicted molar refractivity (Wildman–Crippen MR) is 131 cm³/mol. The molecule has 1 aliphatic heterocycles. The third-order valence-electron chi connectivity index (χ3n) is 7.05. The number of carboxylic acid groups (broad SMARTS) is 1. The average Bonchev–Trinajstić information content (AvgIpc) is 3.28. The van der Waals surface area contributed by atoms with Gasteiger partial charge in [-0.2, -0.15) is 26.3 Å². The van der Waals surface area contributed by atoms with E-state index >= 15 is 0 Å². The van der Waals surface area contributed by atoms with Crippen LogP contribution in [0.3, 0.4) is 0 Å². The fourth-order valence-corrected chi connectivity index (χ4v) is 5.30. The number of benzene rings is 2. The van der Waals surface area contributed by atoms with Crippen molar-refractivity contribution in [2.45, 2.75) is 56.2 Å². The largest absolute Gasteiger partial charge is 0.481 e. The third-order valence-corrected chi connectivity index (χ3v) is 7.05. The number of unbranched alkanes of at least 4 members (excludes halogenated alkanes) is 1. The molecule has 210 valence electrons. The molecule has 1 amide bonds. The van der Waals surface area contributed by atoms with E-state index in [-0.39, 0.29) is 31.2 Å². The minimum Gasteiger partial charge on any atom is -0.481 e. The molecule has 2 aromatic carbocycles. The number of nitrogens with zero attached hydrogens (tertiary/aromatic N) is 2. The molecule has 0 saturated carbocycles. The van der Waals surface area contributed by atoms with Crippen molar-refractivity contribution in [3.8, 4) is 0 Å². The van der Waals surface area contributed by atoms with E-state index in [0.29, 0.717) is 26.3 Å². The van der Waals surface area contributed by atoms with Crippen LogP contribution in [-0.4, -0.2) is 75.3 Å². The second-order valence-electron chi connectivity index (χ2n) is 9.59. The third kappa shape index (κ3) is 6.38. The van der Waals surface area contributed by atoms with Crippen molar-refractivity contribution >= 4 is 22.8 Å². The number of carbonyl (C=O) groups is 2. The summed E-state index contributed by atoms with van der Waals surface area (Å²) in [5, 5.41) is 9.48. The summed E-state index contributed by atoms with van der Waals surface area (Å²) in [7, 11) is 0. The Hall–Kier alpha value is -3.54. The van der Waals surface area contributed by atoms with Crippen LogP contribution in [0.5, 0.6) is 0 Å². The van der Waals surface area contributed by atoms with Gasteiger partial charge in [-0.15, -0.1) is 0 Å². The number of carboxylic acids is 1. The smallest absolute Gasteiger partial charge is 0.406 e. The Kier molecular flexibility index (Phi) is 8.24. The lowest BCUT2D eigenvalue weighted by atomic mass is 9.89. The maximum absolute atomic E-state index is 14.8. The highest BCUT2D eigenvalue weighted by Gasteiger charge is 2.60. The highest BCUT2D eigenvalue weighted by molar-refractivity contribution is 5.94. The monoisotopic (exact) mass is 555 g/mol. The molecular formula is C27H27F6N3O3. The van der Waals surface area contributed by atoms with E-state index in [4.69, 9.17) is 5.11 Å². The summed E-state index contributed by atoms with van der Waals surface area (Å²) in [6, 6.07) is 7.24. The number of carbonyl (C=O) groups excluding carboxylic acids is 1. The van der Waals surface area contributed by atoms with Crippen LogP contribution in [0.15, 0.2) is 60.8 Å². The maximum atomic E-state index is 14.8. The number of aromatic amines is 1. The molecule has 6 nitrogen and oxygen atoms in total. The number of para-hydroxylation sites is 1. The maximum Gasteiger partial charge on any atom is 0.406 e. The fourth-order valence-electron chi connectivity index (χ4n) is 5.30. The van der Waals surface area contributed by atoms with Crippen LogP contribution in [0.2, 0.25) is 0 Å². The minimum atomic E-state index is -5.12. The number of fused-ring (bicyclic) bond motifs is 1. The van der Waals surface area contributed by atoms with Gasteiger partial charge in [-0.25, -0.2) is 0 Å². The molecule has 3 aromatic rings. The van der Waals surface area contributed by atoms with Gasteiger partial charge in [0.1, 0.15) is 12.1 Å². The Morgan fingerprint density at radius 2 is 1.59 bits per heavy atom. The number of H-pyrrole nitrogens is 1. The quantitative estimate of drug-likeness (QED) is 0.278. The van der Waals surface area contributed by atoms with Gasteiger partial charge < -0.3 is 15.0 Å². The van der Waals surface area contributed by atoms with Gasteiger partial charge in [0, 0.05) is 35.6 Å².